The van der Waals surface area contributed by atoms with Crippen LogP contribution >= 0.6 is 0 Å². The van der Waals surface area contributed by atoms with Crippen molar-refractivity contribution in [3.8, 4) is 0 Å². The van der Waals surface area contributed by atoms with Gasteiger partial charge >= 0.3 is 0 Å². The summed E-state index contributed by atoms with van der Waals surface area (Å²) in [5.41, 5.74) is 1.11. The molecule has 0 aromatic carbocycles. The first-order valence-electron chi connectivity index (χ1n) is 7.77. The first-order valence-corrected chi connectivity index (χ1v) is 7.77. The molecule has 0 saturated carbocycles. The zero-order chi connectivity index (χ0) is 14.7. The van der Waals surface area contributed by atoms with E-state index in [4.69, 9.17) is 0 Å². The van der Waals surface area contributed by atoms with Gasteiger partial charge in [0.05, 0.1) is 18.1 Å². The third kappa shape index (κ3) is 3.32. The number of piperidine rings is 1. The van der Waals surface area contributed by atoms with Crippen LogP contribution in [0.25, 0.3) is 0 Å². The summed E-state index contributed by atoms with van der Waals surface area (Å²) < 4.78 is 0. The van der Waals surface area contributed by atoms with Crippen molar-refractivity contribution in [2.75, 3.05) is 44.2 Å². The first-order chi connectivity index (χ1) is 10.2. The maximum absolute atomic E-state index is 11.3. The van der Waals surface area contributed by atoms with Gasteiger partial charge in [-0.05, 0) is 25.9 Å². The van der Waals surface area contributed by atoms with Crippen LogP contribution in [-0.2, 0) is 4.79 Å². The number of piperazine rings is 1. The van der Waals surface area contributed by atoms with Gasteiger partial charge in [0.1, 0.15) is 5.82 Å². The minimum Gasteiger partial charge on any atom is -0.352 e. The highest BCUT2D eigenvalue weighted by atomic mass is 16.2. The Labute approximate surface area is 125 Å². The number of carbonyl (C=O) groups excluding carboxylic acids is 1. The Bertz CT molecular complexity index is 475. The van der Waals surface area contributed by atoms with Crippen molar-refractivity contribution in [2.24, 2.45) is 0 Å². The molecule has 2 aliphatic rings. The molecule has 0 radical (unpaired) electrons. The van der Waals surface area contributed by atoms with E-state index >= 15 is 0 Å². The zero-order valence-corrected chi connectivity index (χ0v) is 12.6. The molecular formula is C15H23N5O. The number of hydrogen-bond acceptors (Lipinski definition) is 5. The van der Waals surface area contributed by atoms with Gasteiger partial charge in [0, 0.05) is 39.0 Å². The predicted octanol–water partition coefficient (Wildman–Crippen LogP) is 0.612. The Morgan fingerprint density at radius 3 is 2.43 bits per heavy atom. The number of hydrogen-bond donors (Lipinski definition) is 1. The second kappa shape index (κ2) is 6.39. The molecule has 2 fully saturated rings. The highest BCUT2D eigenvalue weighted by molar-refractivity contribution is 5.73. The van der Waals surface area contributed by atoms with Crippen molar-refractivity contribution in [1.29, 1.82) is 0 Å². The lowest BCUT2D eigenvalue weighted by atomic mass is 9.95. The van der Waals surface area contributed by atoms with Crippen molar-refractivity contribution >= 4 is 11.7 Å². The average molecular weight is 289 g/mol. The molecular weight excluding hydrogens is 266 g/mol. The minimum atomic E-state index is 0.155. The van der Waals surface area contributed by atoms with Crippen molar-refractivity contribution in [1.82, 2.24) is 20.2 Å². The predicted molar refractivity (Wildman–Crippen MR) is 81.3 cm³/mol. The van der Waals surface area contributed by atoms with E-state index in [1.54, 1.807) is 6.92 Å². The van der Waals surface area contributed by atoms with Crippen LogP contribution in [0.1, 0.15) is 31.4 Å². The molecule has 2 saturated heterocycles. The molecule has 1 amide bonds. The van der Waals surface area contributed by atoms with Crippen LogP contribution in [0.15, 0.2) is 12.4 Å². The lowest BCUT2D eigenvalue weighted by Gasteiger charge is -2.34. The summed E-state index contributed by atoms with van der Waals surface area (Å²) in [6.45, 7) is 6.98. The van der Waals surface area contributed by atoms with E-state index in [1.165, 1.54) is 0 Å². The molecule has 6 heteroatoms. The van der Waals surface area contributed by atoms with E-state index in [-0.39, 0.29) is 5.91 Å². The van der Waals surface area contributed by atoms with Crippen LogP contribution in [0.5, 0.6) is 0 Å². The lowest BCUT2D eigenvalue weighted by molar-refractivity contribution is -0.129. The van der Waals surface area contributed by atoms with Crippen LogP contribution in [0.4, 0.5) is 5.82 Å². The highest BCUT2D eigenvalue weighted by Crippen LogP contribution is 2.23. The summed E-state index contributed by atoms with van der Waals surface area (Å²) >= 11 is 0. The molecule has 1 N–H and O–H groups in total. The maximum atomic E-state index is 11.3. The van der Waals surface area contributed by atoms with Gasteiger partial charge in [0.2, 0.25) is 5.91 Å². The number of rotatable bonds is 2. The summed E-state index contributed by atoms with van der Waals surface area (Å²) in [7, 11) is 0. The molecule has 21 heavy (non-hydrogen) atoms. The second-order valence-corrected chi connectivity index (χ2v) is 5.82. The third-order valence-electron chi connectivity index (χ3n) is 4.46. The van der Waals surface area contributed by atoms with E-state index in [0.717, 1.165) is 63.6 Å². The monoisotopic (exact) mass is 289 g/mol. The fourth-order valence-electron chi connectivity index (χ4n) is 3.07. The molecule has 0 unspecified atom stereocenters. The fraction of sp³-hybridized carbons (Fsp3) is 0.667. The molecule has 114 valence electrons. The molecule has 1 aromatic heterocycles. The van der Waals surface area contributed by atoms with Crippen molar-refractivity contribution < 1.29 is 4.79 Å². The first kappa shape index (κ1) is 14.3. The van der Waals surface area contributed by atoms with Crippen LogP contribution < -0.4 is 10.2 Å². The van der Waals surface area contributed by atoms with E-state index in [0.29, 0.717) is 5.92 Å². The summed E-state index contributed by atoms with van der Waals surface area (Å²) in [6, 6.07) is 0. The van der Waals surface area contributed by atoms with Crippen molar-refractivity contribution in [3.05, 3.63) is 18.1 Å². The van der Waals surface area contributed by atoms with Gasteiger partial charge in [-0.25, -0.2) is 4.98 Å². The molecule has 0 aliphatic carbocycles. The molecule has 2 aliphatic heterocycles. The normalized spacial score (nSPS) is 20.6. The Balaban J connectivity index is 1.61. The van der Waals surface area contributed by atoms with E-state index in [9.17, 15) is 4.79 Å². The number of carbonyl (C=O) groups is 1. The van der Waals surface area contributed by atoms with Crippen molar-refractivity contribution in [3.63, 3.8) is 0 Å². The van der Waals surface area contributed by atoms with Gasteiger partial charge in [0.15, 0.2) is 0 Å². The van der Waals surface area contributed by atoms with Crippen molar-refractivity contribution in [2.45, 2.75) is 25.7 Å². The van der Waals surface area contributed by atoms with E-state index in [2.05, 4.69) is 20.2 Å². The van der Waals surface area contributed by atoms with Gasteiger partial charge in [-0.15, -0.1) is 0 Å². The summed E-state index contributed by atoms with van der Waals surface area (Å²) in [4.78, 5) is 24.6. The molecule has 3 heterocycles. The SMILES string of the molecule is CC(=O)N1CCN(c2cnc(C3CCNCC3)cn2)CC1. The highest BCUT2D eigenvalue weighted by Gasteiger charge is 2.21. The summed E-state index contributed by atoms with van der Waals surface area (Å²) in [5.74, 6) is 1.63. The number of amides is 1. The second-order valence-electron chi connectivity index (χ2n) is 5.82. The third-order valence-corrected chi connectivity index (χ3v) is 4.46. The smallest absolute Gasteiger partial charge is 0.219 e. The van der Waals surface area contributed by atoms with Gasteiger partial charge < -0.3 is 15.1 Å². The molecule has 3 rings (SSSR count). The van der Waals surface area contributed by atoms with Gasteiger partial charge in [-0.3, -0.25) is 9.78 Å². The average Bonchev–Trinajstić information content (AvgIpc) is 2.56. The van der Waals surface area contributed by atoms with Crippen LogP contribution in [0.3, 0.4) is 0 Å². The summed E-state index contributed by atoms with van der Waals surface area (Å²) in [6.07, 6.45) is 6.11. The summed E-state index contributed by atoms with van der Waals surface area (Å²) in [5, 5.41) is 3.37. The number of nitrogens with zero attached hydrogens (tertiary/aromatic N) is 4. The van der Waals surface area contributed by atoms with E-state index in [1.807, 2.05) is 17.3 Å². The maximum Gasteiger partial charge on any atom is 0.219 e. The number of aromatic nitrogens is 2. The Hall–Kier alpha value is -1.69. The largest absolute Gasteiger partial charge is 0.352 e. The molecule has 0 bridgehead atoms. The lowest BCUT2D eigenvalue weighted by Crippen LogP contribution is -2.48. The van der Waals surface area contributed by atoms with E-state index < -0.39 is 0 Å². The Morgan fingerprint density at radius 1 is 1.14 bits per heavy atom. The molecule has 0 atom stereocenters. The Morgan fingerprint density at radius 2 is 1.86 bits per heavy atom. The number of anilines is 1. The van der Waals surface area contributed by atoms with Gasteiger partial charge in [0.25, 0.3) is 0 Å². The molecule has 1 aromatic rings. The topological polar surface area (TPSA) is 61.4 Å². The molecule has 0 spiro atoms. The number of nitrogens with one attached hydrogen (secondary N) is 1. The fourth-order valence-corrected chi connectivity index (χ4v) is 3.07. The van der Waals surface area contributed by atoms with Crippen LogP contribution in [0.2, 0.25) is 0 Å². The zero-order valence-electron chi connectivity index (χ0n) is 12.6. The Kier molecular flexibility index (Phi) is 4.34. The van der Waals surface area contributed by atoms with Gasteiger partial charge in [-0.2, -0.15) is 0 Å². The van der Waals surface area contributed by atoms with Crippen LogP contribution in [-0.4, -0.2) is 60.0 Å². The van der Waals surface area contributed by atoms with Crippen LogP contribution in [0, 0.1) is 0 Å². The minimum absolute atomic E-state index is 0.155. The quantitative estimate of drug-likeness (QED) is 0.864. The van der Waals surface area contributed by atoms with Gasteiger partial charge in [-0.1, -0.05) is 0 Å². The molecule has 6 nitrogen and oxygen atoms in total. The standard InChI is InChI=1S/C15H23N5O/c1-12(21)19-6-8-20(9-7-19)15-11-17-14(10-18-15)13-2-4-16-5-3-13/h10-11,13,16H,2-9H2,1H3.